The van der Waals surface area contributed by atoms with Gasteiger partial charge in [0.15, 0.2) is 0 Å². The van der Waals surface area contributed by atoms with Gasteiger partial charge in [-0.1, -0.05) is 42.3 Å². The number of hydrogen-bond donors (Lipinski definition) is 0. The van der Waals surface area contributed by atoms with E-state index < -0.39 is 0 Å². The molecule has 1 heterocycles. The Morgan fingerprint density at radius 2 is 1.68 bits per heavy atom. The molecule has 0 saturated heterocycles. The average molecular weight is 371 g/mol. The molecule has 3 heteroatoms. The van der Waals surface area contributed by atoms with Crippen LogP contribution >= 0.6 is 0 Å². The summed E-state index contributed by atoms with van der Waals surface area (Å²) in [5.74, 6) is 5.21. The monoisotopic (exact) mass is 371 g/mol. The maximum Gasteiger partial charge on any atom is 0.219 e. The second-order valence-electron chi connectivity index (χ2n) is 6.94. The van der Waals surface area contributed by atoms with Gasteiger partial charge in [-0.15, -0.1) is 6.42 Å². The minimum atomic E-state index is -0.315. The van der Waals surface area contributed by atoms with Gasteiger partial charge in [0, 0.05) is 11.8 Å². The van der Waals surface area contributed by atoms with Crippen molar-refractivity contribution in [2.75, 3.05) is 7.11 Å². The number of hydrogen-bond acceptors (Lipinski definition) is 3. The van der Waals surface area contributed by atoms with E-state index in [0.717, 1.165) is 42.0 Å². The number of rotatable bonds is 8. The first kappa shape index (κ1) is 19.5. The molecule has 0 bridgehead atoms. The molecule has 3 nitrogen and oxygen atoms in total. The minimum absolute atomic E-state index is 0.315. The van der Waals surface area contributed by atoms with Crippen LogP contribution in [0.15, 0.2) is 72.8 Å². The predicted molar refractivity (Wildman–Crippen MR) is 113 cm³/mol. The third-order valence-electron chi connectivity index (χ3n) is 4.90. The van der Waals surface area contributed by atoms with Gasteiger partial charge in [-0.25, -0.2) is 4.98 Å². The molecule has 1 aromatic heterocycles. The van der Waals surface area contributed by atoms with E-state index in [-0.39, 0.29) is 5.41 Å². The summed E-state index contributed by atoms with van der Waals surface area (Å²) < 4.78 is 11.1. The van der Waals surface area contributed by atoms with Crippen LogP contribution in [-0.2, 0) is 11.8 Å². The number of benzene rings is 2. The molecule has 1 unspecified atom stereocenters. The van der Waals surface area contributed by atoms with Crippen LogP contribution in [0.1, 0.15) is 31.0 Å². The molecular formula is C25H25NO2. The first-order valence-corrected chi connectivity index (χ1v) is 9.44. The fourth-order valence-electron chi connectivity index (χ4n) is 3.14. The Morgan fingerprint density at radius 1 is 0.929 bits per heavy atom. The number of methoxy groups -OCH3 is 1. The van der Waals surface area contributed by atoms with Crippen LogP contribution < -0.4 is 9.47 Å². The van der Waals surface area contributed by atoms with Crippen LogP contribution in [0.4, 0.5) is 0 Å². The fourth-order valence-corrected chi connectivity index (χ4v) is 3.14. The van der Waals surface area contributed by atoms with Crippen molar-refractivity contribution < 1.29 is 9.47 Å². The van der Waals surface area contributed by atoms with Gasteiger partial charge in [0.2, 0.25) is 5.88 Å². The summed E-state index contributed by atoms with van der Waals surface area (Å²) >= 11 is 0. The van der Waals surface area contributed by atoms with Crippen LogP contribution in [0.5, 0.6) is 17.4 Å². The van der Waals surface area contributed by atoms with Gasteiger partial charge < -0.3 is 9.47 Å². The third-order valence-corrected chi connectivity index (χ3v) is 4.90. The lowest BCUT2D eigenvalue weighted by molar-refractivity contribution is 0.414. The number of aromatic nitrogens is 1. The molecule has 0 aliphatic carbocycles. The number of terminal acetylenes is 1. The standard InChI is InChI=1S/C25H25NO2/c1-4-25(2,20-15-17-22(27-3)18-16-20)19-9-11-21-10-8-14-24(26-21)28-23-12-6-5-7-13-23/h1,5-8,10,12-18H,9,11,19H2,2-3H3. The first-order valence-electron chi connectivity index (χ1n) is 9.44. The lowest BCUT2D eigenvalue weighted by Crippen LogP contribution is -2.19. The predicted octanol–water partition coefficient (Wildman–Crippen LogP) is 5.80. The third kappa shape index (κ3) is 4.92. The maximum absolute atomic E-state index is 5.88. The normalized spacial score (nSPS) is 12.6. The van der Waals surface area contributed by atoms with Crippen molar-refractivity contribution in [2.45, 2.75) is 31.6 Å². The number of nitrogens with zero attached hydrogens (tertiary/aromatic N) is 1. The SMILES string of the molecule is C#CC(C)(CCCc1cccc(Oc2ccccc2)n1)c1ccc(OC)cc1. The van der Waals surface area contributed by atoms with Gasteiger partial charge >= 0.3 is 0 Å². The summed E-state index contributed by atoms with van der Waals surface area (Å²) in [5.41, 5.74) is 1.82. The van der Waals surface area contributed by atoms with Crippen molar-refractivity contribution in [3.8, 4) is 29.7 Å². The van der Waals surface area contributed by atoms with Crippen LogP contribution in [0.2, 0.25) is 0 Å². The second kappa shape index (κ2) is 9.10. The summed E-state index contributed by atoms with van der Waals surface area (Å²) in [6.07, 6.45) is 8.54. The van der Waals surface area contributed by atoms with Crippen LogP contribution in [0.25, 0.3) is 0 Å². The zero-order valence-electron chi connectivity index (χ0n) is 16.4. The topological polar surface area (TPSA) is 31.4 Å². The second-order valence-corrected chi connectivity index (χ2v) is 6.94. The van der Waals surface area contributed by atoms with E-state index in [1.54, 1.807) is 7.11 Å². The molecule has 0 amide bonds. The molecular weight excluding hydrogens is 346 g/mol. The van der Waals surface area contributed by atoms with E-state index in [0.29, 0.717) is 5.88 Å². The van der Waals surface area contributed by atoms with Crippen LogP contribution in [-0.4, -0.2) is 12.1 Å². The Balaban J connectivity index is 1.61. The average Bonchev–Trinajstić information content (AvgIpc) is 2.75. The number of ether oxygens (including phenoxy) is 2. The van der Waals surface area contributed by atoms with Gasteiger partial charge in [0.1, 0.15) is 11.5 Å². The minimum Gasteiger partial charge on any atom is -0.497 e. The van der Waals surface area contributed by atoms with E-state index in [1.165, 1.54) is 0 Å². The molecule has 3 aromatic rings. The van der Waals surface area contributed by atoms with Crippen molar-refractivity contribution in [1.29, 1.82) is 0 Å². The molecule has 0 saturated carbocycles. The summed E-state index contributed by atoms with van der Waals surface area (Å²) in [5, 5.41) is 0. The summed E-state index contributed by atoms with van der Waals surface area (Å²) in [6.45, 7) is 2.11. The molecule has 0 radical (unpaired) electrons. The molecule has 0 spiro atoms. The van der Waals surface area contributed by atoms with Gasteiger partial charge in [0.25, 0.3) is 0 Å². The van der Waals surface area contributed by atoms with E-state index in [9.17, 15) is 0 Å². The van der Waals surface area contributed by atoms with Crippen LogP contribution in [0, 0.1) is 12.3 Å². The van der Waals surface area contributed by atoms with E-state index >= 15 is 0 Å². The molecule has 28 heavy (non-hydrogen) atoms. The fraction of sp³-hybridized carbons (Fsp3) is 0.240. The van der Waals surface area contributed by atoms with Crippen molar-refractivity contribution in [2.24, 2.45) is 0 Å². The number of para-hydroxylation sites is 1. The summed E-state index contributed by atoms with van der Waals surface area (Å²) in [7, 11) is 1.66. The molecule has 0 fully saturated rings. The van der Waals surface area contributed by atoms with Crippen molar-refractivity contribution in [3.05, 3.63) is 84.1 Å². The lowest BCUT2D eigenvalue weighted by Gasteiger charge is -2.24. The highest BCUT2D eigenvalue weighted by Crippen LogP contribution is 2.30. The highest BCUT2D eigenvalue weighted by molar-refractivity contribution is 5.37. The Kier molecular flexibility index (Phi) is 6.34. The Hall–Kier alpha value is -3.25. The zero-order chi connectivity index (χ0) is 19.8. The van der Waals surface area contributed by atoms with E-state index in [2.05, 4.69) is 17.8 Å². The van der Waals surface area contributed by atoms with Crippen LogP contribution in [0.3, 0.4) is 0 Å². The molecule has 142 valence electrons. The Bertz CT molecular complexity index is 929. The Morgan fingerprint density at radius 3 is 2.36 bits per heavy atom. The highest BCUT2D eigenvalue weighted by Gasteiger charge is 2.23. The quantitative estimate of drug-likeness (QED) is 0.469. The largest absolute Gasteiger partial charge is 0.497 e. The highest BCUT2D eigenvalue weighted by atomic mass is 16.5. The summed E-state index contributed by atoms with van der Waals surface area (Å²) in [6, 6.07) is 23.6. The molecule has 1 atom stereocenters. The maximum atomic E-state index is 5.88. The molecule has 3 rings (SSSR count). The molecule has 0 N–H and O–H groups in total. The first-order chi connectivity index (χ1) is 13.6. The van der Waals surface area contributed by atoms with Gasteiger partial charge in [-0.3, -0.25) is 0 Å². The van der Waals surface area contributed by atoms with Crippen molar-refractivity contribution in [1.82, 2.24) is 4.98 Å². The van der Waals surface area contributed by atoms with Gasteiger partial charge in [-0.2, -0.15) is 0 Å². The molecule has 0 aliphatic rings. The van der Waals surface area contributed by atoms with E-state index in [4.69, 9.17) is 15.9 Å². The van der Waals surface area contributed by atoms with Gasteiger partial charge in [-0.05, 0) is 62.1 Å². The molecule has 2 aromatic carbocycles. The van der Waals surface area contributed by atoms with Gasteiger partial charge in [0.05, 0.1) is 12.5 Å². The number of pyridine rings is 1. The smallest absolute Gasteiger partial charge is 0.219 e. The van der Waals surface area contributed by atoms with Crippen molar-refractivity contribution in [3.63, 3.8) is 0 Å². The Labute approximate surface area is 167 Å². The lowest BCUT2D eigenvalue weighted by atomic mass is 9.79. The number of aryl methyl sites for hydroxylation is 1. The van der Waals surface area contributed by atoms with Crippen molar-refractivity contribution >= 4 is 0 Å². The molecule has 0 aliphatic heterocycles. The zero-order valence-corrected chi connectivity index (χ0v) is 16.4. The van der Waals surface area contributed by atoms with E-state index in [1.807, 2.05) is 72.8 Å². The summed E-state index contributed by atoms with van der Waals surface area (Å²) in [4.78, 5) is 4.62.